The van der Waals surface area contributed by atoms with Gasteiger partial charge in [-0.2, -0.15) is 0 Å². The fourth-order valence-corrected chi connectivity index (χ4v) is 1.54. The Hall–Kier alpha value is -1.71. The molecule has 4 nitrogen and oxygen atoms in total. The third-order valence-electron chi connectivity index (χ3n) is 2.19. The van der Waals surface area contributed by atoms with E-state index in [2.05, 4.69) is 0 Å². The first-order valence-electron chi connectivity index (χ1n) is 4.47. The summed E-state index contributed by atoms with van der Waals surface area (Å²) in [5.74, 6) is 0.178. The number of aromatic hydroxyl groups is 1. The number of nitrogen functional groups attached to an aromatic ring is 1. The topological polar surface area (TPSA) is 72.5 Å². The van der Waals surface area contributed by atoms with Crippen molar-refractivity contribution in [3.8, 4) is 11.5 Å². The van der Waals surface area contributed by atoms with E-state index in [0.29, 0.717) is 30.7 Å². The molecule has 0 aliphatic carbocycles. The quantitative estimate of drug-likeness (QED) is 0.609. The van der Waals surface area contributed by atoms with E-state index < -0.39 is 0 Å². The highest BCUT2D eigenvalue weighted by molar-refractivity contribution is 6.00. The number of hydrogen-bond acceptors (Lipinski definition) is 4. The molecule has 1 aliphatic rings. The number of rotatable bonds is 0. The van der Waals surface area contributed by atoms with Crippen LogP contribution in [0.2, 0.25) is 0 Å². The molecule has 1 aromatic rings. The lowest BCUT2D eigenvalue weighted by Gasteiger charge is -2.08. The van der Waals surface area contributed by atoms with E-state index in [0.717, 1.165) is 0 Å². The highest BCUT2D eigenvalue weighted by Gasteiger charge is 2.20. The van der Waals surface area contributed by atoms with Crippen molar-refractivity contribution in [2.45, 2.75) is 12.8 Å². The van der Waals surface area contributed by atoms with Crippen molar-refractivity contribution in [1.29, 1.82) is 0 Å². The van der Waals surface area contributed by atoms with E-state index in [1.54, 1.807) is 6.07 Å². The third-order valence-corrected chi connectivity index (χ3v) is 2.19. The van der Waals surface area contributed by atoms with E-state index in [1.807, 2.05) is 0 Å². The molecular weight excluding hydrogens is 182 g/mol. The summed E-state index contributed by atoms with van der Waals surface area (Å²) in [6, 6.07) is 2.93. The van der Waals surface area contributed by atoms with Crippen molar-refractivity contribution in [1.82, 2.24) is 0 Å². The molecule has 0 saturated carbocycles. The predicted octanol–water partition coefficient (Wildman–Crippen LogP) is 1.33. The number of fused-ring (bicyclic) bond motifs is 1. The highest BCUT2D eigenvalue weighted by atomic mass is 16.5. The van der Waals surface area contributed by atoms with Gasteiger partial charge in [0.05, 0.1) is 12.2 Å². The van der Waals surface area contributed by atoms with Crippen LogP contribution < -0.4 is 10.5 Å². The van der Waals surface area contributed by atoms with Gasteiger partial charge in [0.1, 0.15) is 0 Å². The molecule has 0 spiro atoms. The van der Waals surface area contributed by atoms with Gasteiger partial charge in [-0.15, -0.1) is 0 Å². The lowest BCUT2D eigenvalue weighted by atomic mass is 10.1. The average molecular weight is 193 g/mol. The summed E-state index contributed by atoms with van der Waals surface area (Å²) in [6.07, 6.45) is 1.11. The zero-order chi connectivity index (χ0) is 10.1. The molecule has 2 rings (SSSR count). The molecule has 3 N–H and O–H groups in total. The van der Waals surface area contributed by atoms with Crippen LogP contribution in [0.4, 0.5) is 5.69 Å². The number of ketones is 1. The second kappa shape index (κ2) is 3.21. The Balaban J connectivity index is 2.58. The number of Topliss-reactive ketones (excluding diaryl/α,β-unsaturated/α-hetero) is 1. The van der Waals surface area contributed by atoms with Crippen LogP contribution in [0.15, 0.2) is 12.1 Å². The van der Waals surface area contributed by atoms with Gasteiger partial charge >= 0.3 is 0 Å². The van der Waals surface area contributed by atoms with Gasteiger partial charge in [0.15, 0.2) is 17.3 Å². The molecule has 0 bridgehead atoms. The van der Waals surface area contributed by atoms with Gasteiger partial charge in [-0.05, 0) is 12.5 Å². The van der Waals surface area contributed by atoms with Crippen LogP contribution in [0.1, 0.15) is 23.2 Å². The summed E-state index contributed by atoms with van der Waals surface area (Å²) in [5.41, 5.74) is 6.29. The van der Waals surface area contributed by atoms with E-state index in [-0.39, 0.29) is 17.3 Å². The number of phenols is 1. The zero-order valence-corrected chi connectivity index (χ0v) is 7.62. The SMILES string of the molecule is Nc1cc(O)c2c(c1)C(=O)CCCO2. The maximum atomic E-state index is 11.6. The third kappa shape index (κ3) is 1.39. The number of nitrogens with two attached hydrogens (primary N) is 1. The molecule has 0 aromatic heterocycles. The summed E-state index contributed by atoms with van der Waals surface area (Å²) < 4.78 is 5.28. The first kappa shape index (κ1) is 8.87. The number of benzene rings is 1. The normalized spacial score (nSPS) is 15.6. The number of carbonyl (C=O) groups excluding carboxylic acids is 1. The second-order valence-corrected chi connectivity index (χ2v) is 3.29. The van der Waals surface area contributed by atoms with Crippen molar-refractivity contribution in [2.75, 3.05) is 12.3 Å². The minimum atomic E-state index is -0.0600. The van der Waals surface area contributed by atoms with Crippen molar-refractivity contribution < 1.29 is 14.6 Å². The molecule has 4 heteroatoms. The fraction of sp³-hybridized carbons (Fsp3) is 0.300. The van der Waals surface area contributed by atoms with Crippen LogP contribution in [0.3, 0.4) is 0 Å². The minimum absolute atomic E-state index is 0.0277. The molecule has 0 saturated heterocycles. The Bertz CT molecular complexity index is 387. The predicted molar refractivity (Wildman–Crippen MR) is 51.6 cm³/mol. The summed E-state index contributed by atoms with van der Waals surface area (Å²) in [5, 5.41) is 9.52. The molecule has 0 amide bonds. The standard InChI is InChI=1S/C10H11NO3/c11-6-4-7-8(12)2-1-3-14-10(7)9(13)5-6/h4-5,13H,1-3,11H2. The zero-order valence-electron chi connectivity index (χ0n) is 7.62. The number of phenolic OH excluding ortho intramolecular Hbond substituents is 1. The summed E-state index contributed by atoms with van der Waals surface area (Å²) in [7, 11) is 0. The first-order chi connectivity index (χ1) is 6.68. The average Bonchev–Trinajstić information content (AvgIpc) is 2.29. The maximum Gasteiger partial charge on any atom is 0.171 e. The second-order valence-electron chi connectivity index (χ2n) is 3.29. The Labute approximate surface area is 81.3 Å². The number of carbonyl (C=O) groups is 1. The van der Waals surface area contributed by atoms with Crippen LogP contribution in [-0.4, -0.2) is 17.5 Å². The summed E-state index contributed by atoms with van der Waals surface area (Å²) >= 11 is 0. The van der Waals surface area contributed by atoms with Crippen molar-refractivity contribution in [3.63, 3.8) is 0 Å². The Kier molecular flexibility index (Phi) is 2.04. The van der Waals surface area contributed by atoms with Gasteiger partial charge in [-0.1, -0.05) is 0 Å². The Morgan fingerprint density at radius 3 is 3.00 bits per heavy atom. The lowest BCUT2D eigenvalue weighted by molar-refractivity contribution is 0.0983. The van der Waals surface area contributed by atoms with Crippen LogP contribution in [0.25, 0.3) is 0 Å². The summed E-state index contributed by atoms with van der Waals surface area (Å²) in [6.45, 7) is 0.455. The smallest absolute Gasteiger partial charge is 0.171 e. The monoisotopic (exact) mass is 193 g/mol. The molecule has 0 fully saturated rings. The molecule has 0 atom stereocenters. The van der Waals surface area contributed by atoms with Crippen molar-refractivity contribution in [3.05, 3.63) is 17.7 Å². The summed E-state index contributed by atoms with van der Waals surface area (Å²) in [4.78, 5) is 11.6. The van der Waals surface area contributed by atoms with Gasteiger partial charge in [-0.3, -0.25) is 4.79 Å². The Morgan fingerprint density at radius 2 is 2.21 bits per heavy atom. The van der Waals surface area contributed by atoms with Gasteiger partial charge in [0.2, 0.25) is 0 Å². The minimum Gasteiger partial charge on any atom is -0.504 e. The van der Waals surface area contributed by atoms with Crippen LogP contribution in [-0.2, 0) is 0 Å². The van der Waals surface area contributed by atoms with Gasteiger partial charge in [0, 0.05) is 18.2 Å². The van der Waals surface area contributed by atoms with E-state index >= 15 is 0 Å². The number of hydrogen-bond donors (Lipinski definition) is 2. The molecular formula is C10H11NO3. The fourth-order valence-electron chi connectivity index (χ4n) is 1.54. The number of anilines is 1. The van der Waals surface area contributed by atoms with E-state index in [4.69, 9.17) is 10.5 Å². The van der Waals surface area contributed by atoms with Crippen molar-refractivity contribution in [2.24, 2.45) is 0 Å². The van der Waals surface area contributed by atoms with Crippen LogP contribution in [0, 0.1) is 0 Å². The molecule has 14 heavy (non-hydrogen) atoms. The molecule has 0 radical (unpaired) electrons. The molecule has 1 heterocycles. The molecule has 1 aliphatic heterocycles. The van der Waals surface area contributed by atoms with Crippen molar-refractivity contribution >= 4 is 11.5 Å². The highest BCUT2D eigenvalue weighted by Crippen LogP contribution is 2.35. The maximum absolute atomic E-state index is 11.6. The number of ether oxygens (including phenoxy) is 1. The lowest BCUT2D eigenvalue weighted by Crippen LogP contribution is -1.99. The van der Waals surface area contributed by atoms with Crippen LogP contribution >= 0.6 is 0 Å². The van der Waals surface area contributed by atoms with Crippen LogP contribution in [0.5, 0.6) is 11.5 Å². The first-order valence-corrected chi connectivity index (χ1v) is 4.47. The molecule has 74 valence electrons. The van der Waals surface area contributed by atoms with Gasteiger partial charge in [-0.25, -0.2) is 0 Å². The van der Waals surface area contributed by atoms with E-state index in [1.165, 1.54) is 6.07 Å². The van der Waals surface area contributed by atoms with Gasteiger partial charge < -0.3 is 15.6 Å². The van der Waals surface area contributed by atoms with Gasteiger partial charge in [0.25, 0.3) is 0 Å². The van der Waals surface area contributed by atoms with E-state index in [9.17, 15) is 9.90 Å². The largest absolute Gasteiger partial charge is 0.504 e. The Morgan fingerprint density at radius 1 is 1.43 bits per heavy atom. The molecule has 1 aromatic carbocycles. The molecule has 0 unspecified atom stereocenters.